The van der Waals surface area contributed by atoms with Crippen molar-refractivity contribution in [2.24, 2.45) is 0 Å². The molecular formula is C18H13NO4. The van der Waals surface area contributed by atoms with Crippen molar-refractivity contribution in [2.45, 2.75) is 6.42 Å². The van der Waals surface area contributed by atoms with E-state index in [-0.39, 0.29) is 18.2 Å². The number of carboxylic acid groups (broad SMARTS) is 1. The molecule has 1 aliphatic rings. The van der Waals surface area contributed by atoms with Gasteiger partial charge in [-0.05, 0) is 29.3 Å². The second-order valence-corrected chi connectivity index (χ2v) is 5.11. The van der Waals surface area contributed by atoms with E-state index in [0.717, 1.165) is 4.90 Å². The van der Waals surface area contributed by atoms with Gasteiger partial charge in [-0.2, -0.15) is 0 Å². The molecule has 3 rings (SSSR count). The lowest BCUT2D eigenvalue weighted by atomic mass is 10.0. The number of aliphatic carboxylic acids is 1. The lowest BCUT2D eigenvalue weighted by Crippen LogP contribution is -2.23. The monoisotopic (exact) mass is 307 g/mol. The highest BCUT2D eigenvalue weighted by atomic mass is 16.4. The average Bonchev–Trinajstić information content (AvgIpc) is 2.78. The third-order valence-electron chi connectivity index (χ3n) is 3.63. The van der Waals surface area contributed by atoms with Gasteiger partial charge < -0.3 is 5.11 Å². The molecule has 0 bridgehead atoms. The van der Waals surface area contributed by atoms with Gasteiger partial charge in [-0.15, -0.1) is 0 Å². The number of carbonyl (C=O) groups excluding carboxylic acids is 2. The van der Waals surface area contributed by atoms with Gasteiger partial charge in [0.1, 0.15) is 0 Å². The maximum atomic E-state index is 12.3. The van der Waals surface area contributed by atoms with E-state index in [2.05, 4.69) is 0 Å². The fraction of sp³-hybridized carbons (Fsp3) is 0.0556. The van der Waals surface area contributed by atoms with Crippen LogP contribution in [0.3, 0.4) is 0 Å². The number of benzene rings is 2. The van der Waals surface area contributed by atoms with E-state index in [1.165, 1.54) is 6.20 Å². The Labute approximate surface area is 132 Å². The maximum Gasteiger partial charge on any atom is 0.307 e. The topological polar surface area (TPSA) is 74.7 Å². The van der Waals surface area contributed by atoms with Gasteiger partial charge in [0.25, 0.3) is 11.8 Å². The molecule has 0 fully saturated rings. The van der Waals surface area contributed by atoms with Crippen LogP contribution in [0.15, 0.2) is 54.7 Å². The lowest BCUT2D eigenvalue weighted by molar-refractivity contribution is -0.136. The van der Waals surface area contributed by atoms with Crippen LogP contribution in [0.25, 0.3) is 6.08 Å². The summed E-state index contributed by atoms with van der Waals surface area (Å²) >= 11 is 0. The Kier molecular flexibility index (Phi) is 3.76. The van der Waals surface area contributed by atoms with E-state index in [9.17, 15) is 14.4 Å². The molecule has 1 N–H and O–H groups in total. The first kappa shape index (κ1) is 14.7. The van der Waals surface area contributed by atoms with Gasteiger partial charge in [-0.3, -0.25) is 14.4 Å². The van der Waals surface area contributed by atoms with Crippen LogP contribution in [0.4, 0.5) is 0 Å². The molecule has 5 nitrogen and oxygen atoms in total. The van der Waals surface area contributed by atoms with Crippen LogP contribution in [0.1, 0.15) is 31.8 Å². The Morgan fingerprint density at radius 1 is 0.957 bits per heavy atom. The van der Waals surface area contributed by atoms with E-state index in [1.807, 2.05) is 0 Å². The van der Waals surface area contributed by atoms with E-state index >= 15 is 0 Å². The second-order valence-electron chi connectivity index (χ2n) is 5.11. The van der Waals surface area contributed by atoms with Crippen LogP contribution in [-0.4, -0.2) is 27.8 Å². The number of fused-ring (bicyclic) bond motifs is 1. The SMILES string of the molecule is O=C(O)Cc1ccccc1/C=C/N1C(=O)c2ccccc2C1=O. The van der Waals surface area contributed by atoms with Gasteiger partial charge in [-0.25, -0.2) is 4.90 Å². The summed E-state index contributed by atoms with van der Waals surface area (Å²) in [5.41, 5.74) is 2.03. The molecule has 114 valence electrons. The number of carboxylic acids is 1. The van der Waals surface area contributed by atoms with Crippen LogP contribution < -0.4 is 0 Å². The summed E-state index contributed by atoms with van der Waals surface area (Å²) in [6.45, 7) is 0. The zero-order valence-corrected chi connectivity index (χ0v) is 12.1. The molecule has 0 atom stereocenters. The number of nitrogens with zero attached hydrogens (tertiary/aromatic N) is 1. The number of carbonyl (C=O) groups is 3. The Balaban J connectivity index is 1.89. The summed E-state index contributed by atoms with van der Waals surface area (Å²) < 4.78 is 0. The van der Waals surface area contributed by atoms with E-state index in [1.54, 1.807) is 54.6 Å². The minimum absolute atomic E-state index is 0.122. The van der Waals surface area contributed by atoms with Crippen LogP contribution in [0, 0.1) is 0 Å². The van der Waals surface area contributed by atoms with Gasteiger partial charge in [0.15, 0.2) is 0 Å². The van der Waals surface area contributed by atoms with Crippen LogP contribution in [-0.2, 0) is 11.2 Å². The van der Waals surface area contributed by atoms with Gasteiger partial charge in [0, 0.05) is 6.20 Å². The molecule has 2 aromatic rings. The molecule has 0 aliphatic carbocycles. The molecule has 0 saturated carbocycles. The summed E-state index contributed by atoms with van der Waals surface area (Å²) in [7, 11) is 0. The first-order valence-electron chi connectivity index (χ1n) is 7.03. The van der Waals surface area contributed by atoms with Crippen molar-refractivity contribution in [3.05, 3.63) is 77.0 Å². The summed E-state index contributed by atoms with van der Waals surface area (Å²) in [6, 6.07) is 13.6. The first-order valence-corrected chi connectivity index (χ1v) is 7.03. The number of hydrogen-bond donors (Lipinski definition) is 1. The minimum atomic E-state index is -0.938. The van der Waals surface area contributed by atoms with Crippen LogP contribution in [0.2, 0.25) is 0 Å². The highest BCUT2D eigenvalue weighted by molar-refractivity contribution is 6.22. The molecule has 2 amide bonds. The predicted octanol–water partition coefficient (Wildman–Crippen LogP) is 2.58. The third kappa shape index (κ3) is 2.76. The Hall–Kier alpha value is -3.21. The summed E-state index contributed by atoms with van der Waals surface area (Å²) in [4.78, 5) is 36.4. The Bertz CT molecular complexity index is 803. The Morgan fingerprint density at radius 3 is 2.13 bits per heavy atom. The molecule has 0 aromatic heterocycles. The van der Waals surface area contributed by atoms with Gasteiger partial charge >= 0.3 is 5.97 Å². The average molecular weight is 307 g/mol. The Morgan fingerprint density at radius 2 is 1.52 bits per heavy atom. The third-order valence-corrected chi connectivity index (χ3v) is 3.63. The number of hydrogen-bond acceptors (Lipinski definition) is 3. The molecule has 1 heterocycles. The van der Waals surface area contributed by atoms with Crippen molar-refractivity contribution < 1.29 is 19.5 Å². The fourth-order valence-electron chi connectivity index (χ4n) is 2.52. The number of rotatable bonds is 4. The van der Waals surface area contributed by atoms with Crippen molar-refractivity contribution in [1.29, 1.82) is 0 Å². The van der Waals surface area contributed by atoms with E-state index in [0.29, 0.717) is 22.3 Å². The van der Waals surface area contributed by atoms with Crippen molar-refractivity contribution in [1.82, 2.24) is 4.90 Å². The summed E-state index contributed by atoms with van der Waals surface area (Å²) in [5.74, 6) is -1.69. The van der Waals surface area contributed by atoms with Crippen LogP contribution in [0.5, 0.6) is 0 Å². The first-order chi connectivity index (χ1) is 11.1. The van der Waals surface area contributed by atoms with Crippen molar-refractivity contribution in [3.63, 3.8) is 0 Å². The molecule has 0 unspecified atom stereocenters. The largest absolute Gasteiger partial charge is 0.481 e. The molecule has 5 heteroatoms. The van der Waals surface area contributed by atoms with Crippen molar-refractivity contribution in [2.75, 3.05) is 0 Å². The zero-order chi connectivity index (χ0) is 16.4. The number of imide groups is 1. The molecule has 0 saturated heterocycles. The summed E-state index contributed by atoms with van der Waals surface area (Å²) in [6.07, 6.45) is 2.86. The predicted molar refractivity (Wildman–Crippen MR) is 83.8 cm³/mol. The molecule has 0 radical (unpaired) electrons. The number of amides is 2. The van der Waals surface area contributed by atoms with E-state index < -0.39 is 5.97 Å². The lowest BCUT2D eigenvalue weighted by Gasteiger charge is -2.08. The second kappa shape index (κ2) is 5.88. The summed E-state index contributed by atoms with van der Waals surface area (Å²) in [5, 5.41) is 8.93. The maximum absolute atomic E-state index is 12.3. The molecule has 23 heavy (non-hydrogen) atoms. The quantitative estimate of drug-likeness (QED) is 0.881. The van der Waals surface area contributed by atoms with Gasteiger partial charge in [0.2, 0.25) is 0 Å². The highest BCUT2D eigenvalue weighted by Gasteiger charge is 2.33. The normalized spacial score (nSPS) is 13.7. The molecule has 1 aliphatic heterocycles. The van der Waals surface area contributed by atoms with Crippen LogP contribution >= 0.6 is 0 Å². The van der Waals surface area contributed by atoms with Crippen molar-refractivity contribution >= 4 is 23.9 Å². The molecular weight excluding hydrogens is 294 g/mol. The molecule has 2 aromatic carbocycles. The van der Waals surface area contributed by atoms with Gasteiger partial charge in [-0.1, -0.05) is 36.4 Å². The highest BCUT2D eigenvalue weighted by Crippen LogP contribution is 2.23. The zero-order valence-electron chi connectivity index (χ0n) is 12.1. The van der Waals surface area contributed by atoms with Gasteiger partial charge in [0.05, 0.1) is 17.5 Å². The minimum Gasteiger partial charge on any atom is -0.481 e. The molecule has 0 spiro atoms. The standard InChI is InChI=1S/C18H13NO4/c20-16(21)11-13-6-2-1-5-12(13)9-10-19-17(22)14-7-3-4-8-15(14)18(19)23/h1-10H,11H2,(H,20,21)/b10-9+. The van der Waals surface area contributed by atoms with E-state index in [4.69, 9.17) is 5.11 Å². The fourth-order valence-corrected chi connectivity index (χ4v) is 2.52. The smallest absolute Gasteiger partial charge is 0.307 e. The van der Waals surface area contributed by atoms with Crippen molar-refractivity contribution in [3.8, 4) is 0 Å².